The number of aromatic amines is 1. The van der Waals surface area contributed by atoms with Crippen molar-refractivity contribution in [1.29, 1.82) is 0 Å². The molecule has 0 amide bonds. The molecule has 2 aromatic rings. The number of benzene rings is 1. The van der Waals surface area contributed by atoms with Gasteiger partial charge in [-0.05, 0) is 31.5 Å². The molecule has 0 spiro atoms. The lowest BCUT2D eigenvalue weighted by molar-refractivity contribution is 0.287. The predicted octanol–water partition coefficient (Wildman–Crippen LogP) is 2.96. The summed E-state index contributed by atoms with van der Waals surface area (Å²) in [5, 5.41) is 3.49. The van der Waals surface area contributed by atoms with Crippen LogP contribution in [0.25, 0.3) is 11.3 Å². The van der Waals surface area contributed by atoms with Gasteiger partial charge in [0.2, 0.25) is 0 Å². The van der Waals surface area contributed by atoms with Gasteiger partial charge in [0.15, 0.2) is 5.96 Å². The maximum absolute atomic E-state index is 4.53. The van der Waals surface area contributed by atoms with Crippen molar-refractivity contribution in [1.82, 2.24) is 25.1 Å². The summed E-state index contributed by atoms with van der Waals surface area (Å²) in [6.07, 6.45) is 7.31. The van der Waals surface area contributed by atoms with Gasteiger partial charge >= 0.3 is 0 Å². The van der Waals surface area contributed by atoms with Gasteiger partial charge in [-0.1, -0.05) is 43.2 Å². The van der Waals surface area contributed by atoms with Gasteiger partial charge in [0.25, 0.3) is 0 Å². The van der Waals surface area contributed by atoms with Crippen LogP contribution >= 0.6 is 0 Å². The lowest BCUT2D eigenvalue weighted by Gasteiger charge is -2.24. The zero-order valence-corrected chi connectivity index (χ0v) is 16.6. The average molecular weight is 369 g/mol. The number of hydrogen-bond donors (Lipinski definition) is 2. The van der Waals surface area contributed by atoms with E-state index in [1.165, 1.54) is 38.8 Å². The number of likely N-dealkylation sites (tertiary alicyclic amines) is 1. The Morgan fingerprint density at radius 1 is 1.19 bits per heavy atom. The number of rotatable bonds is 6. The lowest BCUT2D eigenvalue weighted by atomic mass is 10.2. The fraction of sp³-hybridized carbons (Fsp3) is 0.524. The molecule has 0 bridgehead atoms. The minimum Gasteiger partial charge on any atom is -0.355 e. The van der Waals surface area contributed by atoms with Crippen LogP contribution in [0.1, 0.15) is 31.5 Å². The second kappa shape index (κ2) is 10.1. The van der Waals surface area contributed by atoms with Crippen molar-refractivity contribution in [2.45, 2.75) is 32.2 Å². The molecule has 6 nitrogen and oxygen atoms in total. The summed E-state index contributed by atoms with van der Waals surface area (Å²) in [5.41, 5.74) is 2.20. The number of imidazole rings is 1. The third-order valence-electron chi connectivity index (χ3n) is 5.08. The Morgan fingerprint density at radius 3 is 2.63 bits per heavy atom. The minimum atomic E-state index is 0.691. The van der Waals surface area contributed by atoms with Gasteiger partial charge in [-0.2, -0.15) is 0 Å². The van der Waals surface area contributed by atoms with Crippen LogP contribution in [0.2, 0.25) is 0 Å². The summed E-state index contributed by atoms with van der Waals surface area (Å²) < 4.78 is 0. The summed E-state index contributed by atoms with van der Waals surface area (Å²) in [6, 6.07) is 10.3. The standard InChI is InChI=1S/C21H32N6/c1-22-21(23-12-15-27-13-8-3-4-9-14-27)26(2)17-20-24-16-19(25-20)18-10-6-5-7-11-18/h5-7,10-11,16H,3-4,8-9,12-15,17H2,1-2H3,(H,22,23)(H,24,25). The zero-order valence-electron chi connectivity index (χ0n) is 16.6. The van der Waals surface area contributed by atoms with Crippen LogP contribution in [-0.2, 0) is 6.54 Å². The van der Waals surface area contributed by atoms with Gasteiger partial charge in [0, 0.05) is 27.2 Å². The third kappa shape index (κ3) is 5.82. The molecule has 2 heterocycles. The number of nitrogens with one attached hydrogen (secondary N) is 2. The van der Waals surface area contributed by atoms with E-state index in [1.807, 2.05) is 38.5 Å². The quantitative estimate of drug-likeness (QED) is 0.608. The van der Waals surface area contributed by atoms with Gasteiger partial charge in [-0.3, -0.25) is 4.99 Å². The van der Waals surface area contributed by atoms with Crippen LogP contribution in [0.5, 0.6) is 0 Å². The first-order valence-corrected chi connectivity index (χ1v) is 9.99. The highest BCUT2D eigenvalue weighted by Crippen LogP contribution is 2.16. The van der Waals surface area contributed by atoms with Gasteiger partial charge in [0.1, 0.15) is 5.82 Å². The van der Waals surface area contributed by atoms with Crippen LogP contribution in [0.3, 0.4) is 0 Å². The van der Waals surface area contributed by atoms with Gasteiger partial charge in [0.05, 0.1) is 18.4 Å². The Bertz CT molecular complexity index is 700. The van der Waals surface area contributed by atoms with E-state index in [0.29, 0.717) is 6.54 Å². The molecule has 0 atom stereocenters. The number of H-pyrrole nitrogens is 1. The molecule has 2 N–H and O–H groups in total. The lowest BCUT2D eigenvalue weighted by Crippen LogP contribution is -2.42. The zero-order chi connectivity index (χ0) is 18.9. The number of aromatic nitrogens is 2. The van der Waals surface area contributed by atoms with Crippen LogP contribution in [0, 0.1) is 0 Å². The van der Waals surface area contributed by atoms with Crippen molar-refractivity contribution in [2.75, 3.05) is 40.3 Å². The number of aliphatic imine (C=N–C) groups is 1. The summed E-state index contributed by atoms with van der Waals surface area (Å²) in [7, 11) is 3.88. The summed E-state index contributed by atoms with van der Waals surface area (Å²) in [6.45, 7) is 5.14. The highest BCUT2D eigenvalue weighted by atomic mass is 15.3. The van der Waals surface area contributed by atoms with E-state index in [1.54, 1.807) is 0 Å². The first-order chi connectivity index (χ1) is 13.3. The Kier molecular flexibility index (Phi) is 7.27. The molecule has 1 fully saturated rings. The summed E-state index contributed by atoms with van der Waals surface area (Å²) in [5.74, 6) is 1.84. The normalized spacial score (nSPS) is 16.1. The molecule has 1 saturated heterocycles. The molecule has 1 aliphatic rings. The summed E-state index contributed by atoms with van der Waals surface area (Å²) >= 11 is 0. The minimum absolute atomic E-state index is 0.691. The Hall–Kier alpha value is -2.34. The van der Waals surface area contributed by atoms with E-state index in [9.17, 15) is 0 Å². The Morgan fingerprint density at radius 2 is 1.93 bits per heavy atom. The molecule has 6 heteroatoms. The molecule has 27 heavy (non-hydrogen) atoms. The van der Waals surface area contributed by atoms with Crippen LogP contribution < -0.4 is 5.32 Å². The molecule has 0 aliphatic carbocycles. The van der Waals surface area contributed by atoms with Crippen molar-refractivity contribution in [3.63, 3.8) is 0 Å². The van der Waals surface area contributed by atoms with Crippen LogP contribution in [-0.4, -0.2) is 66.0 Å². The Balaban J connectivity index is 1.48. The van der Waals surface area contributed by atoms with E-state index < -0.39 is 0 Å². The van der Waals surface area contributed by atoms with Crippen molar-refractivity contribution in [3.8, 4) is 11.3 Å². The topological polar surface area (TPSA) is 59.6 Å². The predicted molar refractivity (Wildman–Crippen MR) is 112 cm³/mol. The molecule has 0 unspecified atom stereocenters. The second-order valence-electron chi connectivity index (χ2n) is 7.20. The fourth-order valence-electron chi connectivity index (χ4n) is 3.58. The molecule has 3 rings (SSSR count). The molecular formula is C21H32N6. The maximum Gasteiger partial charge on any atom is 0.193 e. The average Bonchev–Trinajstić information content (AvgIpc) is 3.00. The number of hydrogen-bond acceptors (Lipinski definition) is 3. The first-order valence-electron chi connectivity index (χ1n) is 9.99. The van der Waals surface area contributed by atoms with E-state index in [4.69, 9.17) is 0 Å². The highest BCUT2D eigenvalue weighted by Gasteiger charge is 2.12. The van der Waals surface area contributed by atoms with Crippen molar-refractivity contribution >= 4 is 5.96 Å². The highest BCUT2D eigenvalue weighted by molar-refractivity contribution is 5.79. The van der Waals surface area contributed by atoms with Crippen molar-refractivity contribution < 1.29 is 0 Å². The maximum atomic E-state index is 4.53. The van der Waals surface area contributed by atoms with E-state index in [2.05, 4.69) is 42.2 Å². The molecule has 1 aromatic carbocycles. The van der Waals surface area contributed by atoms with Crippen molar-refractivity contribution in [3.05, 3.63) is 42.4 Å². The largest absolute Gasteiger partial charge is 0.355 e. The SMILES string of the molecule is CN=C(NCCN1CCCCCC1)N(C)Cc1ncc(-c2ccccc2)[nH]1. The van der Waals surface area contributed by atoms with E-state index >= 15 is 0 Å². The summed E-state index contributed by atoms with van der Waals surface area (Å²) in [4.78, 5) is 17.0. The van der Waals surface area contributed by atoms with Crippen LogP contribution in [0.4, 0.5) is 0 Å². The molecule has 0 saturated carbocycles. The smallest absolute Gasteiger partial charge is 0.193 e. The third-order valence-corrected chi connectivity index (χ3v) is 5.08. The van der Waals surface area contributed by atoms with Gasteiger partial charge in [-0.15, -0.1) is 0 Å². The van der Waals surface area contributed by atoms with Crippen LogP contribution in [0.15, 0.2) is 41.5 Å². The molecule has 0 radical (unpaired) electrons. The monoisotopic (exact) mass is 368 g/mol. The molecular weight excluding hydrogens is 336 g/mol. The molecule has 1 aliphatic heterocycles. The Labute approximate surface area is 162 Å². The number of nitrogens with zero attached hydrogens (tertiary/aromatic N) is 4. The van der Waals surface area contributed by atoms with E-state index in [0.717, 1.165) is 36.1 Å². The number of guanidine groups is 1. The van der Waals surface area contributed by atoms with Crippen molar-refractivity contribution in [2.24, 2.45) is 4.99 Å². The molecule has 1 aromatic heterocycles. The van der Waals surface area contributed by atoms with E-state index in [-0.39, 0.29) is 0 Å². The molecule has 146 valence electrons. The first kappa shape index (κ1) is 19.4. The fourth-order valence-corrected chi connectivity index (χ4v) is 3.58. The second-order valence-corrected chi connectivity index (χ2v) is 7.20. The van der Waals surface area contributed by atoms with Gasteiger partial charge in [-0.25, -0.2) is 4.98 Å². The van der Waals surface area contributed by atoms with Gasteiger partial charge < -0.3 is 20.1 Å².